The van der Waals surface area contributed by atoms with Crippen molar-refractivity contribution in [3.8, 4) is 0 Å². The molecular formula is C13H18ClNO3S. The molecule has 0 spiro atoms. The van der Waals surface area contributed by atoms with E-state index in [1.54, 1.807) is 25.1 Å². The largest absolute Gasteiger partial charge is 0.393 e. The molecule has 0 bridgehead atoms. The number of halogens is 1. The average molecular weight is 304 g/mol. The Morgan fingerprint density at radius 2 is 2.05 bits per heavy atom. The summed E-state index contributed by atoms with van der Waals surface area (Å²) in [7, 11) is -3.58. The zero-order chi connectivity index (χ0) is 14.0. The lowest BCUT2D eigenvalue weighted by atomic mass is 10.2. The van der Waals surface area contributed by atoms with Gasteiger partial charge in [-0.15, -0.1) is 0 Å². The van der Waals surface area contributed by atoms with Crippen LogP contribution in [0.5, 0.6) is 0 Å². The molecule has 1 aromatic carbocycles. The van der Waals surface area contributed by atoms with E-state index >= 15 is 0 Å². The number of aliphatic hydroxyl groups is 1. The minimum atomic E-state index is -3.58. The van der Waals surface area contributed by atoms with Gasteiger partial charge in [-0.2, -0.15) is 4.31 Å². The van der Waals surface area contributed by atoms with Crippen LogP contribution in [-0.2, 0) is 10.0 Å². The number of hydrogen-bond acceptors (Lipinski definition) is 3. The second kappa shape index (κ2) is 5.79. The third kappa shape index (κ3) is 3.11. The minimum absolute atomic E-state index is 0.188. The second-order valence-corrected chi connectivity index (χ2v) is 7.16. The standard InChI is InChI=1S/C13H18ClNO3S/c1-10-4-2-6-12(14)13(10)19(17,18)15-8-3-5-11(16)7-9-15/h2,4,6,11,16H,3,5,7-9H2,1H3. The van der Waals surface area contributed by atoms with Crippen molar-refractivity contribution in [1.82, 2.24) is 4.31 Å². The zero-order valence-electron chi connectivity index (χ0n) is 10.8. The molecule has 1 heterocycles. The van der Waals surface area contributed by atoms with Gasteiger partial charge in [0.15, 0.2) is 0 Å². The van der Waals surface area contributed by atoms with Crippen LogP contribution >= 0.6 is 11.6 Å². The van der Waals surface area contributed by atoms with E-state index in [9.17, 15) is 13.5 Å². The number of rotatable bonds is 2. The fourth-order valence-electron chi connectivity index (χ4n) is 2.37. The number of benzene rings is 1. The van der Waals surface area contributed by atoms with Gasteiger partial charge in [0.1, 0.15) is 4.90 Å². The van der Waals surface area contributed by atoms with E-state index in [2.05, 4.69) is 0 Å². The van der Waals surface area contributed by atoms with Crippen LogP contribution in [0.4, 0.5) is 0 Å². The average Bonchev–Trinajstić information content (AvgIpc) is 2.53. The van der Waals surface area contributed by atoms with Crippen molar-refractivity contribution >= 4 is 21.6 Å². The summed E-state index contributed by atoms with van der Waals surface area (Å²) >= 11 is 6.05. The molecule has 1 aliphatic heterocycles. The van der Waals surface area contributed by atoms with Crippen LogP contribution in [0.1, 0.15) is 24.8 Å². The molecule has 4 nitrogen and oxygen atoms in total. The SMILES string of the molecule is Cc1cccc(Cl)c1S(=O)(=O)N1CCCC(O)CC1. The van der Waals surface area contributed by atoms with Crippen LogP contribution in [-0.4, -0.2) is 37.0 Å². The lowest BCUT2D eigenvalue weighted by Crippen LogP contribution is -2.33. The predicted octanol–water partition coefficient (Wildman–Crippen LogP) is 2.18. The van der Waals surface area contributed by atoms with Crippen LogP contribution in [0.3, 0.4) is 0 Å². The van der Waals surface area contributed by atoms with Gasteiger partial charge in [0.2, 0.25) is 10.0 Å². The smallest absolute Gasteiger partial charge is 0.244 e. The Hall–Kier alpha value is -0.620. The van der Waals surface area contributed by atoms with Crippen molar-refractivity contribution in [2.75, 3.05) is 13.1 Å². The highest BCUT2D eigenvalue weighted by molar-refractivity contribution is 7.89. The van der Waals surface area contributed by atoms with Crippen molar-refractivity contribution in [2.45, 2.75) is 37.2 Å². The monoisotopic (exact) mass is 303 g/mol. The number of sulfonamides is 1. The molecule has 0 saturated carbocycles. The highest BCUT2D eigenvalue weighted by atomic mass is 35.5. The summed E-state index contributed by atoms with van der Waals surface area (Å²) in [6, 6.07) is 5.07. The summed E-state index contributed by atoms with van der Waals surface area (Å²) in [5, 5.41) is 9.86. The second-order valence-electron chi connectivity index (χ2n) is 4.87. The maximum absolute atomic E-state index is 12.6. The predicted molar refractivity (Wildman–Crippen MR) is 74.8 cm³/mol. The molecule has 0 radical (unpaired) electrons. The third-order valence-corrected chi connectivity index (χ3v) is 5.95. The lowest BCUT2D eigenvalue weighted by molar-refractivity contribution is 0.159. The van der Waals surface area contributed by atoms with E-state index in [4.69, 9.17) is 11.6 Å². The van der Waals surface area contributed by atoms with Gasteiger partial charge in [0.05, 0.1) is 11.1 Å². The summed E-state index contributed by atoms with van der Waals surface area (Å²) in [4.78, 5) is 0.188. The van der Waals surface area contributed by atoms with E-state index < -0.39 is 16.1 Å². The van der Waals surface area contributed by atoms with E-state index in [0.717, 1.165) is 0 Å². The molecule has 1 saturated heterocycles. The maximum Gasteiger partial charge on any atom is 0.244 e. The molecule has 106 valence electrons. The van der Waals surface area contributed by atoms with Crippen LogP contribution in [0, 0.1) is 6.92 Å². The molecule has 6 heteroatoms. The topological polar surface area (TPSA) is 57.6 Å². The van der Waals surface area contributed by atoms with Crippen LogP contribution < -0.4 is 0 Å². The Kier molecular flexibility index (Phi) is 4.50. The van der Waals surface area contributed by atoms with E-state index in [-0.39, 0.29) is 9.92 Å². The van der Waals surface area contributed by atoms with Gasteiger partial charge in [-0.1, -0.05) is 23.7 Å². The first-order valence-electron chi connectivity index (χ1n) is 6.36. The number of aliphatic hydroxyl groups excluding tert-OH is 1. The Balaban J connectivity index is 2.37. The Bertz CT molecular complexity index is 539. The van der Waals surface area contributed by atoms with Crippen molar-refractivity contribution in [3.05, 3.63) is 28.8 Å². The van der Waals surface area contributed by atoms with Gasteiger partial charge in [0.25, 0.3) is 0 Å². The summed E-state index contributed by atoms with van der Waals surface area (Å²) in [5.41, 5.74) is 0.650. The van der Waals surface area contributed by atoms with Gasteiger partial charge in [-0.3, -0.25) is 0 Å². The normalized spacial score (nSPS) is 22.2. The van der Waals surface area contributed by atoms with E-state index in [1.165, 1.54) is 4.31 Å². The summed E-state index contributed by atoms with van der Waals surface area (Å²) in [5.74, 6) is 0. The molecule has 1 aromatic rings. The first-order valence-corrected chi connectivity index (χ1v) is 8.18. The molecule has 1 fully saturated rings. The fraction of sp³-hybridized carbons (Fsp3) is 0.538. The summed E-state index contributed by atoms with van der Waals surface area (Å²) in [6.45, 7) is 2.52. The Morgan fingerprint density at radius 1 is 1.32 bits per heavy atom. The highest BCUT2D eigenvalue weighted by Crippen LogP contribution is 2.29. The minimum Gasteiger partial charge on any atom is -0.393 e. The van der Waals surface area contributed by atoms with Gasteiger partial charge < -0.3 is 5.11 Å². The van der Waals surface area contributed by atoms with Gasteiger partial charge >= 0.3 is 0 Å². The first-order chi connectivity index (χ1) is 8.93. The number of aryl methyl sites for hydroxylation is 1. The number of nitrogens with zero attached hydrogens (tertiary/aromatic N) is 1. The highest BCUT2D eigenvalue weighted by Gasteiger charge is 2.29. The Morgan fingerprint density at radius 3 is 2.74 bits per heavy atom. The fourth-order valence-corrected chi connectivity index (χ4v) is 4.64. The van der Waals surface area contributed by atoms with Gasteiger partial charge in [0, 0.05) is 13.1 Å². The molecule has 1 unspecified atom stereocenters. The molecule has 1 aliphatic rings. The summed E-state index contributed by atoms with van der Waals surface area (Å²) in [6.07, 6.45) is 1.38. The molecule has 0 aromatic heterocycles. The molecule has 19 heavy (non-hydrogen) atoms. The zero-order valence-corrected chi connectivity index (χ0v) is 12.4. The maximum atomic E-state index is 12.6. The lowest BCUT2D eigenvalue weighted by Gasteiger charge is -2.21. The molecule has 2 rings (SSSR count). The van der Waals surface area contributed by atoms with E-state index in [1.807, 2.05) is 0 Å². The Labute approximate surface area is 119 Å². The third-order valence-electron chi connectivity index (χ3n) is 3.42. The molecule has 1 N–H and O–H groups in total. The van der Waals surface area contributed by atoms with Gasteiger partial charge in [-0.05, 0) is 37.8 Å². The molecule has 0 aliphatic carbocycles. The molecular weight excluding hydrogens is 286 g/mol. The van der Waals surface area contributed by atoms with Crippen LogP contribution in [0.25, 0.3) is 0 Å². The van der Waals surface area contributed by atoms with Crippen LogP contribution in [0.2, 0.25) is 5.02 Å². The molecule has 1 atom stereocenters. The van der Waals surface area contributed by atoms with Crippen molar-refractivity contribution in [3.63, 3.8) is 0 Å². The summed E-state index contributed by atoms with van der Waals surface area (Å²) < 4.78 is 26.7. The molecule has 0 amide bonds. The first kappa shape index (κ1) is 14.8. The van der Waals surface area contributed by atoms with Crippen molar-refractivity contribution in [2.24, 2.45) is 0 Å². The van der Waals surface area contributed by atoms with Gasteiger partial charge in [-0.25, -0.2) is 8.42 Å². The van der Waals surface area contributed by atoms with E-state index in [0.29, 0.717) is 37.9 Å². The van der Waals surface area contributed by atoms with Crippen molar-refractivity contribution < 1.29 is 13.5 Å². The quantitative estimate of drug-likeness (QED) is 0.911. The number of hydrogen-bond donors (Lipinski definition) is 1. The van der Waals surface area contributed by atoms with Crippen molar-refractivity contribution in [1.29, 1.82) is 0 Å². The van der Waals surface area contributed by atoms with Crippen LogP contribution in [0.15, 0.2) is 23.1 Å².